The molecule has 0 heterocycles. The van der Waals surface area contributed by atoms with Gasteiger partial charge >= 0.3 is 0 Å². The van der Waals surface area contributed by atoms with E-state index in [1.54, 1.807) is 26.2 Å². The summed E-state index contributed by atoms with van der Waals surface area (Å²) in [5.41, 5.74) is 4.35. The SMILES string of the molecule is COc1cccc(C(C)=NNC(=O)c2cc(OC)c(OC)c(OC)c2)c1. The van der Waals surface area contributed by atoms with E-state index in [9.17, 15) is 4.79 Å². The van der Waals surface area contributed by atoms with E-state index in [1.165, 1.54) is 21.3 Å². The zero-order valence-electron chi connectivity index (χ0n) is 15.5. The summed E-state index contributed by atoms with van der Waals surface area (Å²) in [7, 11) is 6.08. The van der Waals surface area contributed by atoms with E-state index in [1.807, 2.05) is 24.3 Å². The summed E-state index contributed by atoms with van der Waals surface area (Å²) >= 11 is 0. The molecule has 0 spiro atoms. The Bertz CT molecular complexity index is 792. The Hall–Kier alpha value is -3.22. The summed E-state index contributed by atoms with van der Waals surface area (Å²) < 4.78 is 21.0. The second-order valence-corrected chi connectivity index (χ2v) is 5.28. The van der Waals surface area contributed by atoms with Gasteiger partial charge < -0.3 is 18.9 Å². The summed E-state index contributed by atoms with van der Waals surface area (Å²) in [6.45, 7) is 1.80. The molecular weight excluding hydrogens is 336 g/mol. The Kier molecular flexibility index (Phi) is 6.43. The highest BCUT2D eigenvalue weighted by atomic mass is 16.5. The predicted octanol–water partition coefficient (Wildman–Crippen LogP) is 2.88. The number of amides is 1. The molecule has 0 radical (unpaired) electrons. The third-order valence-electron chi connectivity index (χ3n) is 3.74. The lowest BCUT2D eigenvalue weighted by Gasteiger charge is -2.13. The van der Waals surface area contributed by atoms with Crippen LogP contribution in [0.15, 0.2) is 41.5 Å². The lowest BCUT2D eigenvalue weighted by Crippen LogP contribution is -2.19. The maximum Gasteiger partial charge on any atom is 0.271 e. The molecule has 7 nitrogen and oxygen atoms in total. The molecule has 0 aliphatic carbocycles. The van der Waals surface area contributed by atoms with Crippen LogP contribution in [0, 0.1) is 0 Å². The van der Waals surface area contributed by atoms with Crippen LogP contribution in [0.1, 0.15) is 22.8 Å². The third kappa shape index (κ3) is 4.24. The smallest absolute Gasteiger partial charge is 0.271 e. The molecule has 1 amide bonds. The average molecular weight is 358 g/mol. The van der Waals surface area contributed by atoms with E-state index in [-0.39, 0.29) is 0 Å². The first kappa shape index (κ1) is 19.1. The number of carbonyl (C=O) groups excluding carboxylic acids is 1. The van der Waals surface area contributed by atoms with Crippen LogP contribution < -0.4 is 24.4 Å². The first-order valence-electron chi connectivity index (χ1n) is 7.83. The molecule has 0 unspecified atom stereocenters. The number of hydrazone groups is 1. The molecule has 0 aromatic heterocycles. The van der Waals surface area contributed by atoms with Crippen LogP contribution in [0.2, 0.25) is 0 Å². The zero-order chi connectivity index (χ0) is 19.1. The van der Waals surface area contributed by atoms with Gasteiger partial charge in [-0.25, -0.2) is 5.43 Å². The molecule has 2 aromatic carbocycles. The molecule has 26 heavy (non-hydrogen) atoms. The van der Waals surface area contributed by atoms with Crippen LogP contribution in [0.5, 0.6) is 23.0 Å². The number of carbonyl (C=O) groups is 1. The van der Waals surface area contributed by atoms with Gasteiger partial charge in [-0.1, -0.05) is 12.1 Å². The molecule has 0 aliphatic heterocycles. The molecule has 2 rings (SSSR count). The average Bonchev–Trinajstić information content (AvgIpc) is 2.70. The molecule has 0 saturated heterocycles. The van der Waals surface area contributed by atoms with Crippen molar-refractivity contribution in [1.29, 1.82) is 0 Å². The largest absolute Gasteiger partial charge is 0.497 e. The molecule has 0 saturated carbocycles. The summed E-state index contributed by atoms with van der Waals surface area (Å²) in [5, 5.41) is 4.15. The Morgan fingerprint density at radius 3 is 2.08 bits per heavy atom. The minimum Gasteiger partial charge on any atom is -0.497 e. The van der Waals surface area contributed by atoms with Crippen molar-refractivity contribution in [3.8, 4) is 23.0 Å². The fourth-order valence-electron chi connectivity index (χ4n) is 2.32. The van der Waals surface area contributed by atoms with Crippen molar-refractivity contribution >= 4 is 11.6 Å². The zero-order valence-corrected chi connectivity index (χ0v) is 15.5. The van der Waals surface area contributed by atoms with Gasteiger partial charge in [-0.05, 0) is 31.2 Å². The maximum absolute atomic E-state index is 12.4. The van der Waals surface area contributed by atoms with E-state index in [0.717, 1.165) is 5.56 Å². The number of nitrogens with zero attached hydrogens (tertiary/aromatic N) is 1. The minimum absolute atomic E-state index is 0.335. The van der Waals surface area contributed by atoms with Gasteiger partial charge in [0.05, 0.1) is 34.2 Å². The summed E-state index contributed by atoms with van der Waals surface area (Å²) in [6, 6.07) is 10.5. The molecule has 2 aromatic rings. The number of benzene rings is 2. The molecule has 0 bridgehead atoms. The summed E-state index contributed by atoms with van der Waals surface area (Å²) in [5.74, 6) is 1.53. The molecule has 1 N–H and O–H groups in total. The molecule has 0 atom stereocenters. The highest BCUT2D eigenvalue weighted by Crippen LogP contribution is 2.38. The van der Waals surface area contributed by atoms with Gasteiger partial charge in [0.1, 0.15) is 5.75 Å². The maximum atomic E-state index is 12.4. The molecular formula is C19H22N2O5. The topological polar surface area (TPSA) is 78.4 Å². The van der Waals surface area contributed by atoms with Crippen LogP contribution in [0.4, 0.5) is 0 Å². The first-order chi connectivity index (χ1) is 12.5. The Morgan fingerprint density at radius 2 is 1.54 bits per heavy atom. The minimum atomic E-state index is -0.397. The van der Waals surface area contributed by atoms with Gasteiger partial charge in [0.15, 0.2) is 11.5 Å². The Morgan fingerprint density at radius 1 is 0.885 bits per heavy atom. The number of nitrogens with one attached hydrogen (secondary N) is 1. The molecule has 7 heteroatoms. The lowest BCUT2D eigenvalue weighted by atomic mass is 10.1. The second-order valence-electron chi connectivity index (χ2n) is 5.28. The standard InChI is InChI=1S/C19H22N2O5/c1-12(13-7-6-8-15(9-13)23-2)20-21-19(22)14-10-16(24-3)18(26-5)17(11-14)25-4/h6-11H,1-5H3,(H,21,22). The highest BCUT2D eigenvalue weighted by molar-refractivity contribution is 6.01. The fourth-order valence-corrected chi connectivity index (χ4v) is 2.32. The van der Waals surface area contributed by atoms with Gasteiger partial charge in [-0.15, -0.1) is 0 Å². The van der Waals surface area contributed by atoms with Crippen LogP contribution in [-0.4, -0.2) is 40.1 Å². The Balaban J connectivity index is 2.24. The number of ether oxygens (including phenoxy) is 4. The van der Waals surface area contributed by atoms with Crippen molar-refractivity contribution in [2.24, 2.45) is 5.10 Å². The van der Waals surface area contributed by atoms with Crippen molar-refractivity contribution in [2.75, 3.05) is 28.4 Å². The summed E-state index contributed by atoms with van der Waals surface area (Å²) in [6.07, 6.45) is 0. The Labute approximate surface area is 152 Å². The van der Waals surface area contributed by atoms with Crippen molar-refractivity contribution in [3.63, 3.8) is 0 Å². The number of hydrogen-bond donors (Lipinski definition) is 1. The molecule has 0 fully saturated rings. The lowest BCUT2D eigenvalue weighted by molar-refractivity contribution is 0.0954. The third-order valence-corrected chi connectivity index (χ3v) is 3.74. The number of hydrogen-bond acceptors (Lipinski definition) is 6. The highest BCUT2D eigenvalue weighted by Gasteiger charge is 2.16. The predicted molar refractivity (Wildman–Crippen MR) is 98.8 cm³/mol. The van der Waals surface area contributed by atoms with E-state index in [4.69, 9.17) is 18.9 Å². The van der Waals surface area contributed by atoms with Gasteiger partial charge in [0.25, 0.3) is 5.91 Å². The van der Waals surface area contributed by atoms with Gasteiger partial charge in [-0.2, -0.15) is 5.10 Å². The van der Waals surface area contributed by atoms with E-state index >= 15 is 0 Å². The van der Waals surface area contributed by atoms with E-state index < -0.39 is 5.91 Å². The van der Waals surface area contributed by atoms with Crippen LogP contribution >= 0.6 is 0 Å². The first-order valence-corrected chi connectivity index (χ1v) is 7.83. The molecule has 138 valence electrons. The van der Waals surface area contributed by atoms with Crippen molar-refractivity contribution in [2.45, 2.75) is 6.92 Å². The quantitative estimate of drug-likeness (QED) is 0.608. The van der Waals surface area contributed by atoms with Crippen molar-refractivity contribution in [1.82, 2.24) is 5.43 Å². The van der Waals surface area contributed by atoms with E-state index in [2.05, 4.69) is 10.5 Å². The second kappa shape index (κ2) is 8.75. The van der Waals surface area contributed by atoms with E-state index in [0.29, 0.717) is 34.3 Å². The number of rotatable bonds is 7. The van der Waals surface area contributed by atoms with Gasteiger partial charge in [0, 0.05) is 11.1 Å². The molecule has 0 aliphatic rings. The van der Waals surface area contributed by atoms with Crippen LogP contribution in [-0.2, 0) is 0 Å². The fraction of sp³-hybridized carbons (Fsp3) is 0.263. The monoisotopic (exact) mass is 358 g/mol. The van der Waals surface area contributed by atoms with Crippen LogP contribution in [0.25, 0.3) is 0 Å². The van der Waals surface area contributed by atoms with Gasteiger partial charge in [-0.3, -0.25) is 4.79 Å². The number of methoxy groups -OCH3 is 4. The van der Waals surface area contributed by atoms with Crippen molar-refractivity contribution in [3.05, 3.63) is 47.5 Å². The van der Waals surface area contributed by atoms with Crippen LogP contribution in [0.3, 0.4) is 0 Å². The normalized spacial score (nSPS) is 10.9. The van der Waals surface area contributed by atoms with Crippen molar-refractivity contribution < 1.29 is 23.7 Å². The summed E-state index contributed by atoms with van der Waals surface area (Å²) in [4.78, 5) is 12.4. The van der Waals surface area contributed by atoms with Gasteiger partial charge in [0.2, 0.25) is 5.75 Å².